The van der Waals surface area contributed by atoms with Crippen LogP contribution in [-0.2, 0) is 16.2 Å². The molecular formula is C11H11ClN2O2S. The van der Waals surface area contributed by atoms with Crippen molar-refractivity contribution in [1.29, 1.82) is 0 Å². The maximum atomic E-state index is 11.5. The number of hydroxylamine groups is 2. The summed E-state index contributed by atoms with van der Waals surface area (Å²) in [5.74, 6) is -0.118. The monoisotopic (exact) mass is 270 g/mol. The number of carbonyl (C=O) groups is 1. The summed E-state index contributed by atoms with van der Waals surface area (Å²) >= 11 is 10.9. The predicted molar refractivity (Wildman–Crippen MR) is 68.3 cm³/mol. The number of amides is 1. The molecular weight excluding hydrogens is 260 g/mol. The smallest absolute Gasteiger partial charge is 0.290 e. The molecule has 1 heterocycles. The Labute approximate surface area is 110 Å². The molecule has 6 heteroatoms. The van der Waals surface area contributed by atoms with E-state index in [2.05, 4.69) is 0 Å². The lowest BCUT2D eigenvalue weighted by molar-refractivity contribution is -0.164. The van der Waals surface area contributed by atoms with Crippen molar-refractivity contribution < 1.29 is 9.63 Å². The molecule has 0 radical (unpaired) electrons. The summed E-state index contributed by atoms with van der Waals surface area (Å²) in [5, 5.41) is 2.14. The van der Waals surface area contributed by atoms with Crippen LogP contribution in [0.15, 0.2) is 24.3 Å². The van der Waals surface area contributed by atoms with Gasteiger partial charge in [0.15, 0.2) is 0 Å². The van der Waals surface area contributed by atoms with Gasteiger partial charge in [-0.1, -0.05) is 23.7 Å². The van der Waals surface area contributed by atoms with Crippen LogP contribution in [0.2, 0.25) is 5.02 Å². The van der Waals surface area contributed by atoms with Gasteiger partial charge in [-0.05, 0) is 29.9 Å². The van der Waals surface area contributed by atoms with Crippen LogP contribution < -0.4 is 0 Å². The Balaban J connectivity index is 2.06. The molecule has 2 rings (SSSR count). The molecule has 17 heavy (non-hydrogen) atoms. The summed E-state index contributed by atoms with van der Waals surface area (Å²) in [5.41, 5.74) is 1.03. The van der Waals surface area contributed by atoms with Crippen LogP contribution >= 0.6 is 23.8 Å². The lowest BCUT2D eigenvalue weighted by atomic mass is 10.2. The van der Waals surface area contributed by atoms with Gasteiger partial charge in [-0.3, -0.25) is 4.79 Å². The topological polar surface area (TPSA) is 32.8 Å². The van der Waals surface area contributed by atoms with E-state index in [1.165, 1.54) is 0 Å². The van der Waals surface area contributed by atoms with Gasteiger partial charge < -0.3 is 9.74 Å². The summed E-state index contributed by atoms with van der Waals surface area (Å²) in [6.45, 7) is 0.771. The Morgan fingerprint density at radius 1 is 1.41 bits per heavy atom. The van der Waals surface area contributed by atoms with Crippen molar-refractivity contribution in [1.82, 2.24) is 9.96 Å². The van der Waals surface area contributed by atoms with E-state index in [9.17, 15) is 4.79 Å². The van der Waals surface area contributed by atoms with E-state index in [-0.39, 0.29) is 12.5 Å². The maximum Gasteiger partial charge on any atom is 0.290 e. The molecule has 0 unspecified atom stereocenters. The van der Waals surface area contributed by atoms with Crippen molar-refractivity contribution in [2.24, 2.45) is 0 Å². The highest BCUT2D eigenvalue weighted by molar-refractivity contribution is 7.80. The molecule has 0 bridgehead atoms. The zero-order chi connectivity index (χ0) is 12.4. The lowest BCUT2D eigenvalue weighted by Crippen LogP contribution is -2.49. The van der Waals surface area contributed by atoms with E-state index >= 15 is 0 Å². The van der Waals surface area contributed by atoms with Gasteiger partial charge in [-0.15, -0.1) is 0 Å². The van der Waals surface area contributed by atoms with Crippen molar-refractivity contribution in [3.63, 3.8) is 0 Å². The van der Waals surface area contributed by atoms with Crippen LogP contribution in [0.3, 0.4) is 0 Å². The second-order valence-electron chi connectivity index (χ2n) is 3.73. The number of likely N-dealkylation sites (N-methyl/N-ethyl adjacent to an activating group) is 1. The van der Waals surface area contributed by atoms with Gasteiger partial charge in [0.2, 0.25) is 0 Å². The molecule has 0 aliphatic carbocycles. The fourth-order valence-electron chi connectivity index (χ4n) is 1.48. The number of benzene rings is 1. The average molecular weight is 271 g/mol. The fraction of sp³-hybridized carbons (Fsp3) is 0.273. The number of thiocarbonyl (C=S) groups is 1. The Hall–Kier alpha value is -1.33. The summed E-state index contributed by atoms with van der Waals surface area (Å²) in [4.78, 5) is 18.3. The Morgan fingerprint density at radius 2 is 2.06 bits per heavy atom. The Morgan fingerprint density at radius 3 is 2.71 bits per heavy atom. The first-order valence-corrected chi connectivity index (χ1v) is 5.83. The highest BCUT2D eigenvalue weighted by Crippen LogP contribution is 2.14. The zero-order valence-corrected chi connectivity index (χ0v) is 10.8. The first-order chi connectivity index (χ1) is 8.06. The first-order valence-electron chi connectivity index (χ1n) is 5.04. The molecule has 0 aromatic heterocycles. The third-order valence-electron chi connectivity index (χ3n) is 2.44. The fourth-order valence-corrected chi connectivity index (χ4v) is 1.85. The van der Waals surface area contributed by atoms with Gasteiger partial charge in [0.1, 0.15) is 6.54 Å². The van der Waals surface area contributed by atoms with Gasteiger partial charge in [-0.25, -0.2) is 0 Å². The molecule has 0 N–H and O–H groups in total. The number of hydrogen-bond donors (Lipinski definition) is 0. The van der Waals surface area contributed by atoms with Crippen molar-refractivity contribution >= 4 is 34.9 Å². The summed E-state index contributed by atoms with van der Waals surface area (Å²) < 4.78 is 0. The SMILES string of the molecule is CN1OC(=S)N(Cc2ccc(Cl)cc2)CC1=O. The van der Waals surface area contributed by atoms with Crippen molar-refractivity contribution in [2.45, 2.75) is 6.54 Å². The third kappa shape index (κ3) is 2.87. The molecule has 4 nitrogen and oxygen atoms in total. The van der Waals surface area contributed by atoms with Crippen LogP contribution in [0.1, 0.15) is 5.56 Å². The van der Waals surface area contributed by atoms with Crippen molar-refractivity contribution in [2.75, 3.05) is 13.6 Å². The highest BCUT2D eigenvalue weighted by atomic mass is 35.5. The number of nitrogens with zero attached hydrogens (tertiary/aromatic N) is 2. The third-order valence-corrected chi connectivity index (χ3v) is 3.02. The quantitative estimate of drug-likeness (QED) is 0.768. The largest absolute Gasteiger partial charge is 0.346 e. The average Bonchev–Trinajstić information content (AvgIpc) is 2.29. The Bertz CT molecular complexity index is 449. The van der Waals surface area contributed by atoms with E-state index in [1.807, 2.05) is 12.1 Å². The number of halogens is 1. The van der Waals surface area contributed by atoms with Crippen molar-refractivity contribution in [3.05, 3.63) is 34.9 Å². The molecule has 0 atom stereocenters. The molecule has 0 saturated carbocycles. The van der Waals surface area contributed by atoms with E-state index in [1.54, 1.807) is 24.1 Å². The number of hydrogen-bond acceptors (Lipinski definition) is 3. The first kappa shape index (κ1) is 12.1. The van der Waals surface area contributed by atoms with Gasteiger partial charge in [0, 0.05) is 18.6 Å². The van der Waals surface area contributed by atoms with E-state index in [0.29, 0.717) is 16.7 Å². The minimum atomic E-state index is -0.118. The lowest BCUT2D eigenvalue weighted by Gasteiger charge is -2.32. The number of rotatable bonds is 2. The molecule has 1 aromatic carbocycles. The van der Waals surface area contributed by atoms with Gasteiger partial charge in [0.25, 0.3) is 11.1 Å². The molecule has 90 valence electrons. The molecule has 1 aliphatic heterocycles. The molecule has 1 fully saturated rings. The molecule has 1 saturated heterocycles. The Kier molecular flexibility index (Phi) is 3.49. The van der Waals surface area contributed by atoms with Crippen molar-refractivity contribution in [3.8, 4) is 0 Å². The van der Waals surface area contributed by atoms with Crippen LogP contribution in [0.4, 0.5) is 0 Å². The predicted octanol–water partition coefficient (Wildman–Crippen LogP) is 1.83. The van der Waals surface area contributed by atoms with Gasteiger partial charge in [0.05, 0.1) is 0 Å². The second-order valence-corrected chi connectivity index (χ2v) is 4.52. The van der Waals surface area contributed by atoms with Crippen LogP contribution in [-0.4, -0.2) is 34.6 Å². The van der Waals surface area contributed by atoms with Gasteiger partial charge in [-0.2, -0.15) is 5.06 Å². The zero-order valence-electron chi connectivity index (χ0n) is 9.22. The minimum absolute atomic E-state index is 0.118. The molecule has 1 amide bonds. The molecule has 0 spiro atoms. The standard InChI is InChI=1S/C11H11ClN2O2S/c1-13-10(15)7-14(11(17)16-13)6-8-2-4-9(12)5-3-8/h2-5H,6-7H2,1H3. The highest BCUT2D eigenvalue weighted by Gasteiger charge is 2.26. The summed E-state index contributed by atoms with van der Waals surface area (Å²) in [6.07, 6.45) is 0. The van der Waals surface area contributed by atoms with Crippen LogP contribution in [0.5, 0.6) is 0 Å². The van der Waals surface area contributed by atoms with Crippen LogP contribution in [0.25, 0.3) is 0 Å². The molecule has 1 aliphatic rings. The molecule has 1 aromatic rings. The normalized spacial score (nSPS) is 16.1. The van der Waals surface area contributed by atoms with Crippen LogP contribution in [0, 0.1) is 0 Å². The van der Waals surface area contributed by atoms with E-state index in [0.717, 1.165) is 10.6 Å². The second kappa shape index (κ2) is 4.89. The van der Waals surface area contributed by atoms with Gasteiger partial charge >= 0.3 is 0 Å². The number of carbonyl (C=O) groups excluding carboxylic acids is 1. The minimum Gasteiger partial charge on any atom is -0.346 e. The van der Waals surface area contributed by atoms with E-state index in [4.69, 9.17) is 28.7 Å². The summed E-state index contributed by atoms with van der Waals surface area (Å²) in [6, 6.07) is 7.40. The summed E-state index contributed by atoms with van der Waals surface area (Å²) in [7, 11) is 1.55. The maximum absolute atomic E-state index is 11.5. The van der Waals surface area contributed by atoms with E-state index < -0.39 is 0 Å².